The Balaban J connectivity index is 2.05. The van der Waals surface area contributed by atoms with Gasteiger partial charge in [-0.2, -0.15) is 0 Å². The number of carbonyl (C=O) groups excluding carboxylic acids is 3. The summed E-state index contributed by atoms with van der Waals surface area (Å²) < 4.78 is 1.66. The third-order valence-corrected chi connectivity index (χ3v) is 3.34. The lowest BCUT2D eigenvalue weighted by Gasteiger charge is -2.08. The van der Waals surface area contributed by atoms with E-state index in [-0.39, 0.29) is 6.42 Å². The second-order valence-electron chi connectivity index (χ2n) is 4.67. The van der Waals surface area contributed by atoms with Crippen LogP contribution in [0.4, 0.5) is 0 Å². The van der Waals surface area contributed by atoms with Crippen molar-refractivity contribution in [2.45, 2.75) is 12.8 Å². The molecule has 0 aliphatic rings. The van der Waals surface area contributed by atoms with E-state index in [4.69, 9.17) is 11.6 Å². The smallest absolute Gasteiger partial charge is 0.286 e. The topological polar surface area (TPSA) is 103 Å². The molecular formula is C14H13ClN3O4-. The number of nitrogens with one attached hydrogen (secondary N) is 2. The van der Waals surface area contributed by atoms with Gasteiger partial charge < -0.3 is 14.5 Å². The summed E-state index contributed by atoms with van der Waals surface area (Å²) in [5.74, 6) is -2.46. The van der Waals surface area contributed by atoms with Crippen LogP contribution in [0.25, 0.3) is 10.9 Å². The van der Waals surface area contributed by atoms with Crippen LogP contribution in [0.3, 0.4) is 0 Å². The minimum atomic E-state index is -1.33. The lowest BCUT2D eigenvalue weighted by Crippen LogP contribution is -2.42. The normalized spacial score (nSPS) is 10.5. The molecule has 2 rings (SSSR count). The average Bonchev–Trinajstić information content (AvgIpc) is 2.79. The fraction of sp³-hybridized carbons (Fsp3) is 0.214. The highest BCUT2D eigenvalue weighted by molar-refractivity contribution is 6.31. The van der Waals surface area contributed by atoms with E-state index in [2.05, 4.69) is 10.9 Å². The molecule has 2 N–H and O–H groups in total. The van der Waals surface area contributed by atoms with E-state index in [1.54, 1.807) is 35.9 Å². The zero-order valence-corrected chi connectivity index (χ0v) is 12.4. The third-order valence-electron chi connectivity index (χ3n) is 3.11. The van der Waals surface area contributed by atoms with Crippen molar-refractivity contribution in [1.82, 2.24) is 15.4 Å². The Morgan fingerprint density at radius 2 is 1.91 bits per heavy atom. The summed E-state index contributed by atoms with van der Waals surface area (Å²) in [7, 11) is 1.71. The molecule has 0 bridgehead atoms. The van der Waals surface area contributed by atoms with E-state index in [0.29, 0.717) is 10.7 Å². The van der Waals surface area contributed by atoms with Gasteiger partial charge in [0.2, 0.25) is 5.91 Å². The highest BCUT2D eigenvalue weighted by atomic mass is 35.5. The summed E-state index contributed by atoms with van der Waals surface area (Å²) >= 11 is 5.90. The molecule has 0 spiro atoms. The van der Waals surface area contributed by atoms with Crippen LogP contribution in [0.2, 0.25) is 5.02 Å². The maximum atomic E-state index is 12.1. The Morgan fingerprint density at radius 1 is 1.18 bits per heavy atom. The van der Waals surface area contributed by atoms with Gasteiger partial charge >= 0.3 is 0 Å². The molecule has 0 saturated heterocycles. The van der Waals surface area contributed by atoms with E-state index >= 15 is 0 Å². The van der Waals surface area contributed by atoms with Crippen LogP contribution in [-0.2, 0) is 16.6 Å². The number of carbonyl (C=O) groups is 3. The number of halogens is 1. The number of aryl methyl sites for hydroxylation is 1. The fourth-order valence-corrected chi connectivity index (χ4v) is 2.19. The van der Waals surface area contributed by atoms with Crippen LogP contribution in [0.5, 0.6) is 0 Å². The van der Waals surface area contributed by atoms with Gasteiger partial charge in [-0.15, -0.1) is 0 Å². The first-order valence-electron chi connectivity index (χ1n) is 6.42. The van der Waals surface area contributed by atoms with Crippen molar-refractivity contribution < 1.29 is 19.5 Å². The number of nitrogens with zero attached hydrogens (tertiary/aromatic N) is 1. The molecule has 2 amide bonds. The average molecular weight is 323 g/mol. The summed E-state index contributed by atoms with van der Waals surface area (Å²) in [6.07, 6.45) is -0.679. The van der Waals surface area contributed by atoms with Gasteiger partial charge in [0.25, 0.3) is 5.91 Å². The SMILES string of the molecule is Cn1c(C(=O)NNC(=O)CCC(=O)[O-])cc2cc(Cl)ccc21. The van der Waals surface area contributed by atoms with Crippen molar-refractivity contribution in [3.05, 3.63) is 35.0 Å². The monoisotopic (exact) mass is 322 g/mol. The molecule has 0 aliphatic carbocycles. The molecular weight excluding hydrogens is 310 g/mol. The van der Waals surface area contributed by atoms with Gasteiger partial charge in [0.1, 0.15) is 5.69 Å². The largest absolute Gasteiger partial charge is 0.550 e. The minimum absolute atomic E-state index is 0.271. The van der Waals surface area contributed by atoms with E-state index in [0.717, 1.165) is 10.9 Å². The van der Waals surface area contributed by atoms with Crippen LogP contribution in [-0.4, -0.2) is 22.4 Å². The van der Waals surface area contributed by atoms with Crippen LogP contribution in [0.1, 0.15) is 23.3 Å². The Bertz CT molecular complexity index is 754. The molecule has 0 radical (unpaired) electrons. The van der Waals surface area contributed by atoms with Crippen molar-refractivity contribution in [2.75, 3.05) is 0 Å². The molecule has 116 valence electrons. The lowest BCUT2D eigenvalue weighted by molar-refractivity contribution is -0.305. The fourth-order valence-electron chi connectivity index (χ4n) is 2.01. The zero-order chi connectivity index (χ0) is 16.3. The number of aliphatic carboxylic acids is 1. The number of hydrogen-bond acceptors (Lipinski definition) is 4. The van der Waals surface area contributed by atoms with E-state index in [1.165, 1.54) is 0 Å². The second kappa shape index (κ2) is 6.48. The molecule has 0 saturated carbocycles. The second-order valence-corrected chi connectivity index (χ2v) is 5.10. The van der Waals surface area contributed by atoms with E-state index in [9.17, 15) is 19.5 Å². The first-order chi connectivity index (χ1) is 10.4. The van der Waals surface area contributed by atoms with Crippen molar-refractivity contribution in [2.24, 2.45) is 7.05 Å². The van der Waals surface area contributed by atoms with Gasteiger partial charge in [0.15, 0.2) is 0 Å². The van der Waals surface area contributed by atoms with Crippen LogP contribution in [0.15, 0.2) is 24.3 Å². The Morgan fingerprint density at radius 3 is 2.59 bits per heavy atom. The van der Waals surface area contributed by atoms with Gasteiger partial charge in [-0.25, -0.2) is 0 Å². The minimum Gasteiger partial charge on any atom is -0.550 e. The van der Waals surface area contributed by atoms with Crippen LogP contribution in [0, 0.1) is 0 Å². The number of carboxylic acids is 1. The predicted octanol–water partition coefficient (Wildman–Crippen LogP) is 0.123. The number of hydrogen-bond donors (Lipinski definition) is 2. The third kappa shape index (κ3) is 3.56. The number of amides is 2. The molecule has 1 heterocycles. The molecule has 0 aliphatic heterocycles. The Hall–Kier alpha value is -2.54. The number of aromatic nitrogens is 1. The van der Waals surface area contributed by atoms with Crippen molar-refractivity contribution in [3.8, 4) is 0 Å². The molecule has 1 aromatic heterocycles. The van der Waals surface area contributed by atoms with E-state index in [1.807, 2.05) is 0 Å². The van der Waals surface area contributed by atoms with Gasteiger partial charge in [0, 0.05) is 35.4 Å². The van der Waals surface area contributed by atoms with Gasteiger partial charge in [-0.05, 0) is 30.7 Å². The molecule has 0 unspecified atom stereocenters. The van der Waals surface area contributed by atoms with Gasteiger partial charge in [-0.3, -0.25) is 20.4 Å². The first-order valence-corrected chi connectivity index (χ1v) is 6.80. The number of rotatable bonds is 4. The highest BCUT2D eigenvalue weighted by Gasteiger charge is 2.14. The first kappa shape index (κ1) is 15.8. The van der Waals surface area contributed by atoms with Gasteiger partial charge in [0.05, 0.1) is 0 Å². The summed E-state index contributed by atoms with van der Waals surface area (Å²) in [5, 5.41) is 11.6. The maximum Gasteiger partial charge on any atom is 0.286 e. The quantitative estimate of drug-likeness (QED) is 0.780. The van der Waals surface area contributed by atoms with Crippen LogP contribution < -0.4 is 16.0 Å². The number of benzene rings is 1. The van der Waals surface area contributed by atoms with Crippen molar-refractivity contribution in [3.63, 3.8) is 0 Å². The summed E-state index contributed by atoms with van der Waals surface area (Å²) in [5.41, 5.74) is 5.53. The van der Waals surface area contributed by atoms with Gasteiger partial charge in [-0.1, -0.05) is 11.6 Å². The summed E-state index contributed by atoms with van der Waals surface area (Å²) in [6.45, 7) is 0. The molecule has 2 aromatic rings. The molecule has 8 heteroatoms. The maximum absolute atomic E-state index is 12.1. The number of fused-ring (bicyclic) bond motifs is 1. The van der Waals surface area contributed by atoms with Crippen molar-refractivity contribution >= 4 is 40.3 Å². The molecule has 1 aromatic carbocycles. The van der Waals surface area contributed by atoms with Crippen molar-refractivity contribution in [1.29, 1.82) is 0 Å². The molecule has 22 heavy (non-hydrogen) atoms. The standard InChI is InChI=1S/C14H14ClN3O4/c1-18-10-3-2-9(15)6-8(10)7-11(18)14(22)17-16-12(19)4-5-13(20)21/h2-3,6-7H,4-5H2,1H3,(H,16,19)(H,17,22)(H,20,21)/p-1. The molecule has 0 atom stereocenters. The lowest BCUT2D eigenvalue weighted by atomic mass is 10.2. The predicted molar refractivity (Wildman–Crippen MR) is 77.8 cm³/mol. The molecule has 0 fully saturated rings. The number of hydrazine groups is 1. The Kier molecular flexibility index (Phi) is 4.67. The summed E-state index contributed by atoms with van der Waals surface area (Å²) in [4.78, 5) is 33.6. The highest BCUT2D eigenvalue weighted by Crippen LogP contribution is 2.22. The zero-order valence-electron chi connectivity index (χ0n) is 11.7. The molecule has 7 nitrogen and oxygen atoms in total. The number of carboxylic acid groups (broad SMARTS) is 1. The summed E-state index contributed by atoms with van der Waals surface area (Å²) in [6, 6.07) is 6.87. The Labute approximate surface area is 130 Å². The van der Waals surface area contributed by atoms with E-state index < -0.39 is 24.2 Å². The van der Waals surface area contributed by atoms with Crippen LogP contribution >= 0.6 is 11.6 Å².